The Morgan fingerprint density at radius 2 is 1.69 bits per heavy atom. The molecule has 0 saturated heterocycles. The van der Waals surface area contributed by atoms with Crippen molar-refractivity contribution in [3.63, 3.8) is 0 Å². The van der Waals surface area contributed by atoms with E-state index in [0.717, 1.165) is 12.8 Å². The Bertz CT molecular complexity index is 922. The smallest absolute Gasteiger partial charge is 0.302 e. The van der Waals surface area contributed by atoms with Gasteiger partial charge in [-0.3, -0.25) is 9.59 Å². The van der Waals surface area contributed by atoms with Crippen molar-refractivity contribution in [3.8, 4) is 0 Å². The molecule has 0 bridgehead atoms. The molecule has 0 radical (unpaired) electrons. The Hall–Kier alpha value is -1.12. The molecule has 0 aliphatic heterocycles. The fourth-order valence-electron chi connectivity index (χ4n) is 9.58. The van der Waals surface area contributed by atoms with Crippen molar-refractivity contribution in [1.29, 1.82) is 0 Å². The van der Waals surface area contributed by atoms with Crippen molar-refractivity contribution >= 4 is 11.8 Å². The Morgan fingerprint density at radius 1 is 1.03 bits per heavy atom. The molecule has 36 heavy (non-hydrogen) atoms. The number of esters is 1. The number of ketones is 1. The van der Waals surface area contributed by atoms with Crippen LogP contribution in [0.4, 0.5) is 0 Å². The molecule has 0 spiro atoms. The van der Waals surface area contributed by atoms with Gasteiger partial charge in [-0.25, -0.2) is 0 Å². The third-order valence-corrected chi connectivity index (χ3v) is 12.5. The van der Waals surface area contributed by atoms with Gasteiger partial charge in [0.05, 0.1) is 0 Å². The molecule has 0 N–H and O–H groups in total. The van der Waals surface area contributed by atoms with Gasteiger partial charge in [0.25, 0.3) is 0 Å². The lowest BCUT2D eigenvalue weighted by atomic mass is 9.42. The minimum absolute atomic E-state index is 0.00421. The molecule has 3 nitrogen and oxygen atoms in total. The molecule has 4 aliphatic rings. The molecule has 1 unspecified atom stereocenters. The van der Waals surface area contributed by atoms with E-state index in [4.69, 9.17) is 4.74 Å². The van der Waals surface area contributed by atoms with E-state index in [0.29, 0.717) is 35.4 Å². The molecule has 4 aliphatic carbocycles. The second-order valence-electron chi connectivity index (χ2n) is 15.8. The quantitative estimate of drug-likeness (QED) is 0.357. The van der Waals surface area contributed by atoms with Gasteiger partial charge in [-0.15, -0.1) is 0 Å². The van der Waals surface area contributed by atoms with E-state index >= 15 is 0 Å². The number of allylic oxidation sites excluding steroid dienone is 2. The van der Waals surface area contributed by atoms with Crippen LogP contribution in [0.5, 0.6) is 0 Å². The molecule has 0 aromatic carbocycles. The summed E-state index contributed by atoms with van der Waals surface area (Å²) in [5, 5.41) is 0. The lowest BCUT2D eigenvalue weighted by Gasteiger charge is -2.62. The molecular weight excluding hydrogens is 444 g/mol. The van der Waals surface area contributed by atoms with E-state index in [-0.39, 0.29) is 39.7 Å². The molecule has 0 heterocycles. The molecule has 204 valence electrons. The predicted molar refractivity (Wildman–Crippen MR) is 147 cm³/mol. The van der Waals surface area contributed by atoms with Crippen molar-refractivity contribution in [2.75, 3.05) is 0 Å². The van der Waals surface area contributed by atoms with E-state index in [1.165, 1.54) is 51.0 Å². The average molecular weight is 499 g/mol. The fourth-order valence-corrected chi connectivity index (χ4v) is 9.58. The maximum atomic E-state index is 13.7. The first-order chi connectivity index (χ1) is 16.5. The number of hydrogen-bond donors (Lipinski definition) is 0. The number of hydrogen-bond acceptors (Lipinski definition) is 3. The summed E-state index contributed by atoms with van der Waals surface area (Å²) < 4.78 is 5.58. The standard InChI is InChI=1S/C33H54O3/c1-21(11-15-29(3,4)5)30(6,7)28-14-18-32(9)25-20-27(35)26-19-23(36-22(2)34)12-16-31(26,8)24(25)13-17-33(28,32)10/h20-21,23-24,26,28H,11-19H2,1-10H3/t21-,23+,24?,26+,28-,31-,32+,33-/m1/s1. The summed E-state index contributed by atoms with van der Waals surface area (Å²) in [7, 11) is 0. The van der Waals surface area contributed by atoms with Gasteiger partial charge in [0.2, 0.25) is 0 Å². The monoisotopic (exact) mass is 498 g/mol. The number of fused-ring (bicyclic) bond motifs is 5. The second kappa shape index (κ2) is 8.98. The van der Waals surface area contributed by atoms with Gasteiger partial charge in [-0.05, 0) is 109 Å². The zero-order valence-electron chi connectivity index (χ0n) is 25.1. The van der Waals surface area contributed by atoms with Gasteiger partial charge < -0.3 is 4.74 Å². The number of carbonyl (C=O) groups excluding carboxylic acids is 2. The first kappa shape index (κ1) is 27.9. The summed E-state index contributed by atoms with van der Waals surface area (Å²) >= 11 is 0. The summed E-state index contributed by atoms with van der Waals surface area (Å²) in [6.45, 7) is 23.6. The Kier molecular flexibility index (Phi) is 6.96. The summed E-state index contributed by atoms with van der Waals surface area (Å²) in [4.78, 5) is 25.3. The topological polar surface area (TPSA) is 43.4 Å². The van der Waals surface area contributed by atoms with E-state index in [1.807, 2.05) is 0 Å². The van der Waals surface area contributed by atoms with Crippen LogP contribution >= 0.6 is 0 Å². The highest BCUT2D eigenvalue weighted by atomic mass is 16.5. The summed E-state index contributed by atoms with van der Waals surface area (Å²) in [6.07, 6.45) is 12.1. The van der Waals surface area contributed by atoms with Crippen LogP contribution < -0.4 is 0 Å². The molecule has 3 saturated carbocycles. The molecule has 3 fully saturated rings. The Balaban J connectivity index is 1.62. The van der Waals surface area contributed by atoms with Crippen molar-refractivity contribution in [2.45, 2.75) is 133 Å². The van der Waals surface area contributed by atoms with Crippen LogP contribution in [0.3, 0.4) is 0 Å². The molecule has 4 rings (SSSR count). The van der Waals surface area contributed by atoms with E-state index in [9.17, 15) is 9.59 Å². The third-order valence-electron chi connectivity index (χ3n) is 12.5. The normalized spacial score (nSPS) is 41.6. The van der Waals surface area contributed by atoms with Crippen LogP contribution in [0, 0.1) is 50.7 Å². The van der Waals surface area contributed by atoms with Crippen LogP contribution in [0.2, 0.25) is 0 Å². The highest BCUT2D eigenvalue weighted by Gasteiger charge is 2.66. The first-order valence-corrected chi connectivity index (χ1v) is 14.9. The molecule has 3 heteroatoms. The van der Waals surface area contributed by atoms with Crippen LogP contribution in [0.1, 0.15) is 127 Å². The lowest BCUT2D eigenvalue weighted by molar-refractivity contribution is -0.156. The first-order valence-electron chi connectivity index (χ1n) is 14.9. The molecule has 0 aromatic rings. The largest absolute Gasteiger partial charge is 0.463 e. The van der Waals surface area contributed by atoms with Crippen molar-refractivity contribution in [2.24, 2.45) is 50.7 Å². The summed E-state index contributed by atoms with van der Waals surface area (Å²) in [6, 6.07) is 0. The lowest BCUT2D eigenvalue weighted by Crippen LogP contribution is -2.56. The van der Waals surface area contributed by atoms with Crippen LogP contribution in [-0.4, -0.2) is 17.9 Å². The number of ether oxygens (including phenoxy) is 1. The SMILES string of the molecule is CC(=O)O[C@H]1CC[C@]2(C)C3CC[C@]4(C)[C@@H](C(C)(C)[C@H](C)CCC(C)(C)C)CC[C@@]4(C)C3=CC(=O)[C@@H]2C1. The maximum Gasteiger partial charge on any atom is 0.302 e. The number of carbonyl (C=O) groups is 2. The second-order valence-corrected chi connectivity index (χ2v) is 15.8. The van der Waals surface area contributed by atoms with Crippen molar-refractivity contribution in [1.82, 2.24) is 0 Å². The van der Waals surface area contributed by atoms with Crippen LogP contribution in [0.25, 0.3) is 0 Å². The zero-order valence-corrected chi connectivity index (χ0v) is 25.1. The van der Waals surface area contributed by atoms with Crippen molar-refractivity contribution in [3.05, 3.63) is 11.6 Å². The molecule has 0 amide bonds. The van der Waals surface area contributed by atoms with E-state index in [1.54, 1.807) is 0 Å². The minimum Gasteiger partial charge on any atom is -0.463 e. The van der Waals surface area contributed by atoms with Gasteiger partial charge in [0.15, 0.2) is 5.78 Å². The third kappa shape index (κ3) is 4.33. The van der Waals surface area contributed by atoms with Gasteiger partial charge >= 0.3 is 5.97 Å². The van der Waals surface area contributed by atoms with E-state index in [2.05, 4.69) is 68.4 Å². The predicted octanol–water partition coefficient (Wildman–Crippen LogP) is 8.55. The van der Waals surface area contributed by atoms with Gasteiger partial charge in [0.1, 0.15) is 6.10 Å². The van der Waals surface area contributed by atoms with Gasteiger partial charge in [0, 0.05) is 12.8 Å². The van der Waals surface area contributed by atoms with Gasteiger partial charge in [-0.2, -0.15) is 0 Å². The van der Waals surface area contributed by atoms with Crippen LogP contribution in [-0.2, 0) is 14.3 Å². The summed E-state index contributed by atoms with van der Waals surface area (Å²) in [5.41, 5.74) is 2.45. The Morgan fingerprint density at radius 3 is 2.31 bits per heavy atom. The summed E-state index contributed by atoms with van der Waals surface area (Å²) in [5.74, 6) is 1.90. The average Bonchev–Trinajstić information content (AvgIpc) is 3.04. The zero-order chi connectivity index (χ0) is 26.9. The minimum atomic E-state index is -0.222. The van der Waals surface area contributed by atoms with Crippen LogP contribution in [0.15, 0.2) is 11.6 Å². The highest BCUT2D eigenvalue weighted by molar-refractivity contribution is 5.94. The fraction of sp³-hybridized carbons (Fsp3) is 0.879. The highest BCUT2D eigenvalue weighted by Crippen LogP contribution is 2.73. The van der Waals surface area contributed by atoms with E-state index < -0.39 is 0 Å². The Labute approximate surface area is 221 Å². The van der Waals surface area contributed by atoms with Crippen molar-refractivity contribution < 1.29 is 14.3 Å². The molecule has 0 aromatic heterocycles. The number of rotatable bonds is 5. The van der Waals surface area contributed by atoms with Gasteiger partial charge in [-0.1, -0.05) is 67.9 Å². The molecular formula is C33H54O3. The maximum absolute atomic E-state index is 13.7. The molecule has 8 atom stereocenters.